The molecule has 3 nitrogen and oxygen atoms in total. The van der Waals surface area contributed by atoms with E-state index in [-0.39, 0.29) is 0 Å². The summed E-state index contributed by atoms with van der Waals surface area (Å²) in [6.07, 6.45) is 4.34. The summed E-state index contributed by atoms with van der Waals surface area (Å²) in [5.41, 5.74) is 1.34. The van der Waals surface area contributed by atoms with Gasteiger partial charge in [0.05, 0.1) is 0 Å². The van der Waals surface area contributed by atoms with E-state index in [0.717, 1.165) is 44.1 Å². The number of β-amino-alcohol motifs (C(OH)–C–C–N with tert-alkyl or cyclic N) is 1. The number of aliphatic hydroxyl groups is 1. The number of piperidine rings is 1. The Morgan fingerprint density at radius 1 is 1.24 bits per heavy atom. The Hall–Kier alpha value is -1.06. The smallest absolute Gasteiger partial charge is 0.119 e. The first kappa shape index (κ1) is 16.3. The lowest BCUT2D eigenvalue weighted by Gasteiger charge is -2.31. The molecule has 21 heavy (non-hydrogen) atoms. The molecule has 1 aliphatic rings. The maximum atomic E-state index is 10.1. The molecule has 0 amide bonds. The van der Waals surface area contributed by atoms with Crippen molar-refractivity contribution in [3.05, 3.63) is 29.8 Å². The first-order valence-corrected chi connectivity index (χ1v) is 8.29. The van der Waals surface area contributed by atoms with Gasteiger partial charge in [-0.2, -0.15) is 0 Å². The van der Waals surface area contributed by atoms with Crippen molar-refractivity contribution < 1.29 is 9.84 Å². The zero-order chi connectivity index (χ0) is 15.1. The van der Waals surface area contributed by atoms with Crippen LogP contribution >= 0.6 is 0 Å². The highest BCUT2D eigenvalue weighted by Crippen LogP contribution is 2.17. The molecule has 1 heterocycles. The molecule has 1 N–H and O–H groups in total. The van der Waals surface area contributed by atoms with Crippen molar-refractivity contribution in [1.29, 1.82) is 0 Å². The second-order valence-electron chi connectivity index (χ2n) is 6.34. The monoisotopic (exact) mass is 291 g/mol. The normalized spacial score (nSPS) is 18.6. The lowest BCUT2D eigenvalue weighted by atomic mass is 9.99. The number of aliphatic hydroxyl groups excluding tert-OH is 1. The number of nitrogens with zero attached hydrogens (tertiary/aromatic N) is 1. The second-order valence-corrected chi connectivity index (χ2v) is 6.34. The quantitative estimate of drug-likeness (QED) is 0.838. The Labute approximate surface area is 128 Å². The molecule has 1 aromatic rings. The maximum absolute atomic E-state index is 10.1. The van der Waals surface area contributed by atoms with Crippen LogP contribution in [0.15, 0.2) is 24.3 Å². The van der Waals surface area contributed by atoms with Crippen LogP contribution in [0, 0.1) is 5.92 Å². The van der Waals surface area contributed by atoms with Gasteiger partial charge >= 0.3 is 0 Å². The van der Waals surface area contributed by atoms with Gasteiger partial charge in [-0.1, -0.05) is 32.4 Å². The Morgan fingerprint density at radius 2 is 1.90 bits per heavy atom. The van der Waals surface area contributed by atoms with Crippen LogP contribution in [0.25, 0.3) is 0 Å². The highest BCUT2D eigenvalue weighted by molar-refractivity contribution is 5.27. The number of rotatable bonds is 7. The van der Waals surface area contributed by atoms with Crippen molar-refractivity contribution in [3.63, 3.8) is 0 Å². The standard InChI is InChI=1S/C18H29NO2/c1-3-4-16-5-7-18(8-6-16)21-14-17(20)13-19-11-9-15(2)10-12-19/h5-8,15,17,20H,3-4,9-14H2,1-2H3/t17-/m0/s1. The maximum Gasteiger partial charge on any atom is 0.119 e. The molecule has 1 atom stereocenters. The molecule has 0 bridgehead atoms. The van der Waals surface area contributed by atoms with Crippen LogP contribution < -0.4 is 4.74 Å². The first-order valence-electron chi connectivity index (χ1n) is 8.29. The zero-order valence-electron chi connectivity index (χ0n) is 13.4. The summed E-state index contributed by atoms with van der Waals surface area (Å²) < 4.78 is 5.69. The molecule has 0 radical (unpaired) electrons. The van der Waals surface area contributed by atoms with Gasteiger partial charge in [-0.15, -0.1) is 0 Å². The fourth-order valence-electron chi connectivity index (χ4n) is 2.83. The van der Waals surface area contributed by atoms with Gasteiger partial charge in [-0.25, -0.2) is 0 Å². The van der Waals surface area contributed by atoms with Crippen LogP contribution in [-0.2, 0) is 6.42 Å². The van der Waals surface area contributed by atoms with Crippen LogP contribution in [-0.4, -0.2) is 42.4 Å². The summed E-state index contributed by atoms with van der Waals surface area (Å²) in [4.78, 5) is 2.35. The molecule has 118 valence electrons. The third-order valence-electron chi connectivity index (χ3n) is 4.25. The molecule has 1 saturated heterocycles. The summed E-state index contributed by atoms with van der Waals surface area (Å²) in [5.74, 6) is 1.68. The Morgan fingerprint density at radius 3 is 2.52 bits per heavy atom. The number of benzene rings is 1. The van der Waals surface area contributed by atoms with Crippen LogP contribution in [0.4, 0.5) is 0 Å². The predicted molar refractivity (Wildman–Crippen MR) is 86.8 cm³/mol. The average molecular weight is 291 g/mol. The Kier molecular flexibility index (Phi) is 6.52. The third-order valence-corrected chi connectivity index (χ3v) is 4.25. The lowest BCUT2D eigenvalue weighted by molar-refractivity contribution is 0.0563. The highest BCUT2D eigenvalue weighted by Gasteiger charge is 2.18. The van der Waals surface area contributed by atoms with Crippen molar-refractivity contribution >= 4 is 0 Å². The molecule has 2 rings (SSSR count). The van der Waals surface area contributed by atoms with Crippen LogP contribution in [0.2, 0.25) is 0 Å². The zero-order valence-corrected chi connectivity index (χ0v) is 13.4. The fraction of sp³-hybridized carbons (Fsp3) is 0.667. The minimum absolute atomic E-state index is 0.374. The molecule has 0 aromatic heterocycles. The Bertz CT molecular complexity index is 396. The lowest BCUT2D eigenvalue weighted by Crippen LogP contribution is -2.40. The van der Waals surface area contributed by atoms with Crippen LogP contribution in [0.3, 0.4) is 0 Å². The van der Waals surface area contributed by atoms with E-state index in [9.17, 15) is 5.11 Å². The number of hydrogen-bond donors (Lipinski definition) is 1. The van der Waals surface area contributed by atoms with E-state index in [1.165, 1.54) is 18.4 Å². The highest BCUT2D eigenvalue weighted by atomic mass is 16.5. The number of likely N-dealkylation sites (tertiary alicyclic amines) is 1. The molecular weight excluding hydrogens is 262 g/mol. The number of hydrogen-bond acceptors (Lipinski definition) is 3. The molecule has 1 aromatic carbocycles. The van der Waals surface area contributed by atoms with Gasteiger partial charge in [0.2, 0.25) is 0 Å². The van der Waals surface area contributed by atoms with E-state index in [0.29, 0.717) is 6.61 Å². The largest absolute Gasteiger partial charge is 0.491 e. The molecule has 3 heteroatoms. The van der Waals surface area contributed by atoms with Gasteiger partial charge in [0.25, 0.3) is 0 Å². The van der Waals surface area contributed by atoms with Crippen molar-refractivity contribution in [2.24, 2.45) is 5.92 Å². The van der Waals surface area contributed by atoms with E-state index in [2.05, 4.69) is 30.9 Å². The van der Waals surface area contributed by atoms with Crippen molar-refractivity contribution in [2.45, 2.75) is 45.6 Å². The molecule has 0 unspecified atom stereocenters. The summed E-state index contributed by atoms with van der Waals surface area (Å²) in [5, 5.41) is 10.1. The fourth-order valence-corrected chi connectivity index (χ4v) is 2.83. The van der Waals surface area contributed by atoms with E-state index in [1.54, 1.807) is 0 Å². The topological polar surface area (TPSA) is 32.7 Å². The molecular formula is C18H29NO2. The van der Waals surface area contributed by atoms with Gasteiger partial charge in [0.1, 0.15) is 18.5 Å². The van der Waals surface area contributed by atoms with Gasteiger partial charge in [0, 0.05) is 6.54 Å². The summed E-state index contributed by atoms with van der Waals surface area (Å²) in [6, 6.07) is 8.22. The molecule has 1 fully saturated rings. The second kappa shape index (κ2) is 8.40. The first-order chi connectivity index (χ1) is 10.2. The SMILES string of the molecule is CCCc1ccc(OC[C@@H](O)CN2CCC(C)CC2)cc1. The van der Waals surface area contributed by atoms with E-state index in [1.807, 2.05) is 12.1 Å². The van der Waals surface area contributed by atoms with Gasteiger partial charge in [-0.05, 0) is 56.0 Å². The van der Waals surface area contributed by atoms with Crippen LogP contribution in [0.5, 0.6) is 5.75 Å². The van der Waals surface area contributed by atoms with E-state index in [4.69, 9.17) is 4.74 Å². The van der Waals surface area contributed by atoms with E-state index >= 15 is 0 Å². The van der Waals surface area contributed by atoms with Gasteiger partial charge in [-0.3, -0.25) is 0 Å². The minimum Gasteiger partial charge on any atom is -0.491 e. The molecule has 0 spiro atoms. The summed E-state index contributed by atoms with van der Waals surface area (Å²) in [7, 11) is 0. The molecule has 0 saturated carbocycles. The van der Waals surface area contributed by atoms with Crippen molar-refractivity contribution in [3.8, 4) is 5.75 Å². The summed E-state index contributed by atoms with van der Waals surface area (Å²) >= 11 is 0. The van der Waals surface area contributed by atoms with Crippen molar-refractivity contribution in [1.82, 2.24) is 4.90 Å². The average Bonchev–Trinajstić information content (AvgIpc) is 2.49. The van der Waals surface area contributed by atoms with Gasteiger partial charge < -0.3 is 14.7 Å². The number of aryl methyl sites for hydroxylation is 1. The minimum atomic E-state index is -0.409. The van der Waals surface area contributed by atoms with E-state index < -0.39 is 6.10 Å². The number of ether oxygens (including phenoxy) is 1. The van der Waals surface area contributed by atoms with Crippen molar-refractivity contribution in [2.75, 3.05) is 26.2 Å². The third kappa shape index (κ3) is 5.68. The van der Waals surface area contributed by atoms with Gasteiger partial charge in [0.15, 0.2) is 0 Å². The Balaban J connectivity index is 1.69. The molecule has 0 aliphatic carbocycles. The summed E-state index contributed by atoms with van der Waals surface area (Å²) in [6.45, 7) is 7.79. The molecule has 1 aliphatic heterocycles. The van der Waals surface area contributed by atoms with Crippen LogP contribution in [0.1, 0.15) is 38.7 Å². The predicted octanol–water partition coefficient (Wildman–Crippen LogP) is 3.11.